The van der Waals surface area contributed by atoms with Crippen LogP contribution in [0.4, 0.5) is 10.1 Å². The first-order chi connectivity index (χ1) is 9.90. The summed E-state index contributed by atoms with van der Waals surface area (Å²) in [5.41, 5.74) is 8.76. The van der Waals surface area contributed by atoms with E-state index in [0.717, 1.165) is 11.1 Å². The Labute approximate surface area is 128 Å². The van der Waals surface area contributed by atoms with Crippen molar-refractivity contribution in [3.8, 4) is 0 Å². The number of anilines is 1. The molecule has 5 heteroatoms. The summed E-state index contributed by atoms with van der Waals surface area (Å²) in [7, 11) is 0. The van der Waals surface area contributed by atoms with Crippen molar-refractivity contribution >= 4 is 28.8 Å². The molecular weight excluding hydrogens is 287 g/mol. The number of thiocarbonyl (C=S) groups is 1. The Morgan fingerprint density at radius 1 is 1.19 bits per heavy atom. The van der Waals surface area contributed by atoms with Crippen LogP contribution in [0.1, 0.15) is 27.0 Å². The van der Waals surface area contributed by atoms with Gasteiger partial charge in [-0.05, 0) is 49.2 Å². The van der Waals surface area contributed by atoms with Gasteiger partial charge in [0.05, 0.1) is 5.69 Å². The Morgan fingerprint density at radius 2 is 1.90 bits per heavy atom. The molecule has 108 valence electrons. The number of carbonyl (C=O) groups is 1. The van der Waals surface area contributed by atoms with Crippen molar-refractivity contribution in [2.75, 3.05) is 5.32 Å². The highest BCUT2D eigenvalue weighted by Crippen LogP contribution is 2.20. The number of aryl methyl sites for hydroxylation is 1. The Hall–Kier alpha value is -2.27. The van der Waals surface area contributed by atoms with Crippen LogP contribution in [-0.4, -0.2) is 10.9 Å². The van der Waals surface area contributed by atoms with Gasteiger partial charge in [-0.25, -0.2) is 4.39 Å². The maximum atomic E-state index is 13.3. The number of hydrogen-bond donors (Lipinski definition) is 2. The van der Waals surface area contributed by atoms with Crippen molar-refractivity contribution in [1.82, 2.24) is 0 Å². The molecule has 2 aromatic rings. The highest BCUT2D eigenvalue weighted by atomic mass is 32.1. The van der Waals surface area contributed by atoms with Gasteiger partial charge in [-0.3, -0.25) is 4.79 Å². The average Bonchev–Trinajstić information content (AvgIpc) is 2.43. The Bertz CT molecular complexity index is 728. The van der Waals surface area contributed by atoms with E-state index in [1.165, 1.54) is 18.2 Å². The van der Waals surface area contributed by atoms with Crippen LogP contribution in [0.3, 0.4) is 0 Å². The minimum Gasteiger partial charge on any atom is -0.389 e. The zero-order chi connectivity index (χ0) is 15.6. The summed E-state index contributed by atoms with van der Waals surface area (Å²) in [5.74, 6) is -0.733. The van der Waals surface area contributed by atoms with Gasteiger partial charge in [0.25, 0.3) is 5.91 Å². The number of hydrogen-bond acceptors (Lipinski definition) is 2. The molecule has 0 aromatic heterocycles. The lowest BCUT2D eigenvalue weighted by Gasteiger charge is -2.12. The van der Waals surface area contributed by atoms with Crippen molar-refractivity contribution in [2.45, 2.75) is 13.8 Å². The second-order valence-electron chi connectivity index (χ2n) is 4.76. The van der Waals surface area contributed by atoms with Crippen LogP contribution in [0.15, 0.2) is 36.4 Å². The number of benzene rings is 2. The minimum atomic E-state index is -0.456. The zero-order valence-corrected chi connectivity index (χ0v) is 12.6. The standard InChI is InChI=1S/C16H15FN2OS/c1-9-4-3-5-12(10(9)2)16(20)19-14-7-6-11(17)8-13(14)15(18)21/h3-8H,1-2H3,(H2,18,21)(H,19,20). The van der Waals surface area contributed by atoms with Crippen LogP contribution in [0.25, 0.3) is 0 Å². The molecule has 0 atom stereocenters. The van der Waals surface area contributed by atoms with Crippen LogP contribution in [0, 0.1) is 19.7 Å². The summed E-state index contributed by atoms with van der Waals surface area (Å²) in [6, 6.07) is 9.40. The number of rotatable bonds is 3. The zero-order valence-electron chi connectivity index (χ0n) is 11.7. The Morgan fingerprint density at radius 3 is 2.57 bits per heavy atom. The molecule has 2 aromatic carbocycles. The third-order valence-electron chi connectivity index (χ3n) is 3.34. The second-order valence-corrected chi connectivity index (χ2v) is 5.20. The predicted molar refractivity (Wildman–Crippen MR) is 86.2 cm³/mol. The maximum absolute atomic E-state index is 13.3. The number of nitrogens with one attached hydrogen (secondary N) is 1. The number of halogens is 1. The van der Waals surface area contributed by atoms with E-state index < -0.39 is 5.82 Å². The fourth-order valence-electron chi connectivity index (χ4n) is 2.02. The minimum absolute atomic E-state index is 0.0331. The van der Waals surface area contributed by atoms with Gasteiger partial charge < -0.3 is 11.1 Å². The van der Waals surface area contributed by atoms with Crippen LogP contribution in [0.5, 0.6) is 0 Å². The van der Waals surface area contributed by atoms with Crippen molar-refractivity contribution in [1.29, 1.82) is 0 Å². The van der Waals surface area contributed by atoms with Crippen molar-refractivity contribution in [2.24, 2.45) is 5.73 Å². The van der Waals surface area contributed by atoms with Crippen LogP contribution in [-0.2, 0) is 0 Å². The van der Waals surface area contributed by atoms with Gasteiger partial charge in [-0.1, -0.05) is 24.4 Å². The van der Waals surface area contributed by atoms with E-state index in [4.69, 9.17) is 18.0 Å². The molecule has 0 heterocycles. The molecule has 0 unspecified atom stereocenters. The third kappa shape index (κ3) is 3.25. The summed E-state index contributed by atoms with van der Waals surface area (Å²) in [4.78, 5) is 12.4. The summed E-state index contributed by atoms with van der Waals surface area (Å²) in [6.07, 6.45) is 0. The van der Waals surface area contributed by atoms with E-state index in [2.05, 4.69) is 5.32 Å². The third-order valence-corrected chi connectivity index (χ3v) is 3.56. The van der Waals surface area contributed by atoms with Crippen molar-refractivity contribution in [3.63, 3.8) is 0 Å². The second kappa shape index (κ2) is 6.01. The fourth-order valence-corrected chi connectivity index (χ4v) is 2.18. The fraction of sp³-hybridized carbons (Fsp3) is 0.125. The van der Waals surface area contributed by atoms with E-state index in [9.17, 15) is 9.18 Å². The van der Waals surface area contributed by atoms with Crippen LogP contribution in [0.2, 0.25) is 0 Å². The highest BCUT2D eigenvalue weighted by molar-refractivity contribution is 7.80. The van der Waals surface area contributed by atoms with E-state index in [1.54, 1.807) is 6.07 Å². The molecule has 0 fully saturated rings. The topological polar surface area (TPSA) is 55.1 Å². The van der Waals surface area contributed by atoms with E-state index in [1.807, 2.05) is 26.0 Å². The summed E-state index contributed by atoms with van der Waals surface area (Å²) in [6.45, 7) is 3.81. The van der Waals surface area contributed by atoms with Gasteiger partial charge in [0.15, 0.2) is 0 Å². The highest BCUT2D eigenvalue weighted by Gasteiger charge is 2.14. The quantitative estimate of drug-likeness (QED) is 0.855. The first-order valence-corrected chi connectivity index (χ1v) is 6.78. The Balaban J connectivity index is 2.36. The molecule has 0 spiro atoms. The smallest absolute Gasteiger partial charge is 0.255 e. The molecule has 0 bridgehead atoms. The lowest BCUT2D eigenvalue weighted by Crippen LogP contribution is -2.18. The van der Waals surface area contributed by atoms with Gasteiger partial charge in [0, 0.05) is 11.1 Å². The molecule has 2 rings (SSSR count). The molecule has 3 nitrogen and oxygen atoms in total. The molecule has 0 saturated heterocycles. The molecule has 3 N–H and O–H groups in total. The van der Waals surface area contributed by atoms with E-state index >= 15 is 0 Å². The SMILES string of the molecule is Cc1cccc(C(=O)Nc2ccc(F)cc2C(N)=S)c1C. The largest absolute Gasteiger partial charge is 0.389 e. The molecule has 0 aliphatic carbocycles. The lowest BCUT2D eigenvalue weighted by atomic mass is 10.0. The molecule has 0 saturated carbocycles. The predicted octanol–water partition coefficient (Wildman–Crippen LogP) is 3.33. The molecule has 0 radical (unpaired) electrons. The van der Waals surface area contributed by atoms with Gasteiger partial charge in [-0.2, -0.15) is 0 Å². The van der Waals surface area contributed by atoms with Crippen LogP contribution >= 0.6 is 12.2 Å². The molecule has 21 heavy (non-hydrogen) atoms. The van der Waals surface area contributed by atoms with Gasteiger partial charge in [-0.15, -0.1) is 0 Å². The van der Waals surface area contributed by atoms with Crippen molar-refractivity contribution < 1.29 is 9.18 Å². The van der Waals surface area contributed by atoms with Crippen LogP contribution < -0.4 is 11.1 Å². The summed E-state index contributed by atoms with van der Waals surface area (Å²) < 4.78 is 13.3. The first kappa shape index (κ1) is 15.1. The Kier molecular flexibility index (Phi) is 4.33. The normalized spacial score (nSPS) is 10.2. The summed E-state index contributed by atoms with van der Waals surface area (Å²) in [5, 5.41) is 2.73. The number of nitrogens with two attached hydrogens (primary N) is 1. The lowest BCUT2D eigenvalue weighted by molar-refractivity contribution is 0.102. The summed E-state index contributed by atoms with van der Waals surface area (Å²) >= 11 is 4.89. The maximum Gasteiger partial charge on any atom is 0.255 e. The molecule has 0 aliphatic rings. The molecular formula is C16H15FN2OS. The molecule has 1 amide bonds. The van der Waals surface area contributed by atoms with Crippen molar-refractivity contribution in [3.05, 3.63) is 64.5 Å². The molecule has 0 aliphatic heterocycles. The number of amides is 1. The average molecular weight is 302 g/mol. The first-order valence-electron chi connectivity index (χ1n) is 6.37. The number of carbonyl (C=O) groups excluding carboxylic acids is 1. The van der Waals surface area contributed by atoms with E-state index in [-0.39, 0.29) is 10.9 Å². The van der Waals surface area contributed by atoms with Gasteiger partial charge in [0.1, 0.15) is 10.8 Å². The monoisotopic (exact) mass is 302 g/mol. The van der Waals surface area contributed by atoms with Gasteiger partial charge in [0.2, 0.25) is 0 Å². The van der Waals surface area contributed by atoms with E-state index in [0.29, 0.717) is 16.8 Å². The van der Waals surface area contributed by atoms with Gasteiger partial charge >= 0.3 is 0 Å².